The molecular formula is C19H24N2O. The second-order valence-electron chi connectivity index (χ2n) is 5.30. The maximum absolute atomic E-state index is 11.9. The highest BCUT2D eigenvalue weighted by atomic mass is 16.1. The van der Waals surface area contributed by atoms with Crippen LogP contribution in [0.2, 0.25) is 0 Å². The van der Waals surface area contributed by atoms with Crippen LogP contribution in [0.4, 0.5) is 5.69 Å². The Labute approximate surface area is 132 Å². The zero-order valence-corrected chi connectivity index (χ0v) is 13.1. The molecule has 0 aliphatic carbocycles. The molecule has 0 aliphatic heterocycles. The standard InChI is InChI=1S/C19H24N2O/c1-2-17-12-6-7-13-18(17)21-15-19(22)20-14-8-11-16-9-4-3-5-10-16/h3-7,9-10,12-13,21H,2,8,11,14-15H2,1H3,(H,20,22). The van der Waals surface area contributed by atoms with Gasteiger partial charge in [0.25, 0.3) is 0 Å². The number of benzene rings is 2. The topological polar surface area (TPSA) is 41.1 Å². The number of amides is 1. The van der Waals surface area contributed by atoms with E-state index in [-0.39, 0.29) is 5.91 Å². The van der Waals surface area contributed by atoms with Crippen LogP contribution in [0.3, 0.4) is 0 Å². The number of nitrogens with one attached hydrogen (secondary N) is 2. The van der Waals surface area contributed by atoms with Crippen LogP contribution in [0.5, 0.6) is 0 Å². The molecule has 116 valence electrons. The lowest BCUT2D eigenvalue weighted by Crippen LogP contribution is -2.31. The lowest BCUT2D eigenvalue weighted by molar-refractivity contribution is -0.119. The summed E-state index contributed by atoms with van der Waals surface area (Å²) in [4.78, 5) is 11.9. The fraction of sp³-hybridized carbons (Fsp3) is 0.316. The van der Waals surface area contributed by atoms with E-state index in [0.717, 1.165) is 24.9 Å². The third-order valence-corrected chi connectivity index (χ3v) is 3.64. The number of rotatable bonds is 8. The third kappa shape index (κ3) is 5.24. The highest BCUT2D eigenvalue weighted by Gasteiger charge is 2.03. The molecule has 0 heterocycles. The predicted molar refractivity (Wildman–Crippen MR) is 92.1 cm³/mol. The maximum Gasteiger partial charge on any atom is 0.239 e. The summed E-state index contributed by atoms with van der Waals surface area (Å²) in [6, 6.07) is 18.4. The molecule has 3 heteroatoms. The molecule has 3 nitrogen and oxygen atoms in total. The molecule has 0 aliphatic rings. The summed E-state index contributed by atoms with van der Waals surface area (Å²) in [5, 5.41) is 6.17. The maximum atomic E-state index is 11.9. The van der Waals surface area contributed by atoms with Gasteiger partial charge in [0.15, 0.2) is 0 Å². The van der Waals surface area contributed by atoms with Crippen molar-refractivity contribution in [1.29, 1.82) is 0 Å². The van der Waals surface area contributed by atoms with Crippen molar-refractivity contribution in [2.24, 2.45) is 0 Å². The molecule has 0 atom stereocenters. The quantitative estimate of drug-likeness (QED) is 0.733. The minimum Gasteiger partial charge on any atom is -0.376 e. The van der Waals surface area contributed by atoms with Gasteiger partial charge in [-0.2, -0.15) is 0 Å². The molecular weight excluding hydrogens is 272 g/mol. The van der Waals surface area contributed by atoms with Crippen molar-refractivity contribution in [3.63, 3.8) is 0 Å². The average molecular weight is 296 g/mol. The van der Waals surface area contributed by atoms with E-state index in [1.165, 1.54) is 11.1 Å². The first kappa shape index (κ1) is 16.1. The van der Waals surface area contributed by atoms with E-state index < -0.39 is 0 Å². The summed E-state index contributed by atoms with van der Waals surface area (Å²) >= 11 is 0. The lowest BCUT2D eigenvalue weighted by Gasteiger charge is -2.11. The van der Waals surface area contributed by atoms with Crippen LogP contribution in [-0.4, -0.2) is 19.0 Å². The molecule has 2 aromatic rings. The Hall–Kier alpha value is -2.29. The van der Waals surface area contributed by atoms with Gasteiger partial charge in [0.1, 0.15) is 0 Å². The SMILES string of the molecule is CCc1ccccc1NCC(=O)NCCCc1ccccc1. The highest BCUT2D eigenvalue weighted by Crippen LogP contribution is 2.14. The van der Waals surface area contributed by atoms with Gasteiger partial charge in [-0.05, 0) is 36.5 Å². The smallest absolute Gasteiger partial charge is 0.239 e. The second-order valence-corrected chi connectivity index (χ2v) is 5.30. The van der Waals surface area contributed by atoms with E-state index in [9.17, 15) is 4.79 Å². The summed E-state index contributed by atoms with van der Waals surface area (Å²) in [5.74, 6) is 0.0407. The van der Waals surface area contributed by atoms with Gasteiger partial charge in [-0.1, -0.05) is 55.5 Å². The summed E-state index contributed by atoms with van der Waals surface area (Å²) in [7, 11) is 0. The Morgan fingerprint density at radius 2 is 1.73 bits per heavy atom. The Morgan fingerprint density at radius 1 is 1.00 bits per heavy atom. The van der Waals surface area contributed by atoms with E-state index in [1.54, 1.807) is 0 Å². The van der Waals surface area contributed by atoms with Gasteiger partial charge in [0.05, 0.1) is 6.54 Å². The van der Waals surface area contributed by atoms with Crippen LogP contribution in [0.15, 0.2) is 54.6 Å². The molecule has 0 fully saturated rings. The van der Waals surface area contributed by atoms with Crippen molar-refractivity contribution in [2.75, 3.05) is 18.4 Å². The zero-order chi connectivity index (χ0) is 15.6. The van der Waals surface area contributed by atoms with Gasteiger partial charge in [-0.25, -0.2) is 0 Å². The van der Waals surface area contributed by atoms with Crippen LogP contribution >= 0.6 is 0 Å². The molecule has 0 unspecified atom stereocenters. The molecule has 0 saturated heterocycles. The zero-order valence-electron chi connectivity index (χ0n) is 13.1. The lowest BCUT2D eigenvalue weighted by atomic mass is 10.1. The van der Waals surface area contributed by atoms with Crippen molar-refractivity contribution < 1.29 is 4.79 Å². The van der Waals surface area contributed by atoms with Gasteiger partial charge in [-0.15, -0.1) is 0 Å². The van der Waals surface area contributed by atoms with Crippen molar-refractivity contribution >= 4 is 11.6 Å². The largest absolute Gasteiger partial charge is 0.376 e. The van der Waals surface area contributed by atoms with Gasteiger partial charge in [0.2, 0.25) is 5.91 Å². The summed E-state index contributed by atoms with van der Waals surface area (Å²) < 4.78 is 0. The molecule has 0 saturated carbocycles. The number of carbonyl (C=O) groups excluding carboxylic acids is 1. The Bertz CT molecular complexity index is 581. The molecule has 22 heavy (non-hydrogen) atoms. The van der Waals surface area contributed by atoms with E-state index >= 15 is 0 Å². The molecule has 0 radical (unpaired) electrons. The van der Waals surface area contributed by atoms with Crippen molar-refractivity contribution in [1.82, 2.24) is 5.32 Å². The fourth-order valence-electron chi connectivity index (χ4n) is 2.40. The monoisotopic (exact) mass is 296 g/mol. The van der Waals surface area contributed by atoms with Crippen LogP contribution in [0, 0.1) is 0 Å². The second kappa shape index (κ2) is 8.88. The van der Waals surface area contributed by atoms with Crippen LogP contribution in [0.25, 0.3) is 0 Å². The molecule has 2 N–H and O–H groups in total. The first-order valence-corrected chi connectivity index (χ1v) is 7.92. The summed E-state index contributed by atoms with van der Waals surface area (Å²) in [6.07, 6.45) is 2.91. The molecule has 0 aromatic heterocycles. The Morgan fingerprint density at radius 3 is 2.50 bits per heavy atom. The van der Waals surface area contributed by atoms with Crippen molar-refractivity contribution in [3.8, 4) is 0 Å². The number of anilines is 1. The molecule has 0 bridgehead atoms. The van der Waals surface area contributed by atoms with E-state index in [2.05, 4.69) is 35.8 Å². The Balaban J connectivity index is 1.66. The highest BCUT2D eigenvalue weighted by molar-refractivity contribution is 5.80. The summed E-state index contributed by atoms with van der Waals surface area (Å²) in [5.41, 5.74) is 3.59. The van der Waals surface area contributed by atoms with Gasteiger partial charge < -0.3 is 10.6 Å². The first-order chi connectivity index (χ1) is 10.8. The number of aryl methyl sites for hydroxylation is 2. The molecule has 0 spiro atoms. The normalized spacial score (nSPS) is 10.2. The average Bonchev–Trinajstić information content (AvgIpc) is 2.58. The Kier molecular flexibility index (Phi) is 6.49. The first-order valence-electron chi connectivity index (χ1n) is 7.92. The predicted octanol–water partition coefficient (Wildman–Crippen LogP) is 3.41. The number of para-hydroxylation sites is 1. The third-order valence-electron chi connectivity index (χ3n) is 3.64. The minimum absolute atomic E-state index is 0.0407. The number of hydrogen-bond acceptors (Lipinski definition) is 2. The van der Waals surface area contributed by atoms with Crippen LogP contribution in [0.1, 0.15) is 24.5 Å². The van der Waals surface area contributed by atoms with Crippen molar-refractivity contribution in [2.45, 2.75) is 26.2 Å². The van der Waals surface area contributed by atoms with E-state index in [4.69, 9.17) is 0 Å². The van der Waals surface area contributed by atoms with Crippen molar-refractivity contribution in [3.05, 3.63) is 65.7 Å². The molecule has 2 rings (SSSR count). The fourth-order valence-corrected chi connectivity index (χ4v) is 2.40. The number of hydrogen-bond donors (Lipinski definition) is 2. The minimum atomic E-state index is 0.0407. The van der Waals surface area contributed by atoms with Crippen LogP contribution < -0.4 is 10.6 Å². The molecule has 2 aromatic carbocycles. The van der Waals surface area contributed by atoms with Gasteiger partial charge in [-0.3, -0.25) is 4.79 Å². The van der Waals surface area contributed by atoms with Gasteiger partial charge in [0, 0.05) is 12.2 Å². The number of carbonyl (C=O) groups is 1. The molecule has 1 amide bonds. The summed E-state index contributed by atoms with van der Waals surface area (Å²) in [6.45, 7) is 3.15. The van der Waals surface area contributed by atoms with Crippen LogP contribution in [-0.2, 0) is 17.6 Å². The van der Waals surface area contributed by atoms with E-state index in [1.807, 2.05) is 36.4 Å². The van der Waals surface area contributed by atoms with E-state index in [0.29, 0.717) is 13.1 Å². The van der Waals surface area contributed by atoms with Gasteiger partial charge >= 0.3 is 0 Å².